The van der Waals surface area contributed by atoms with Gasteiger partial charge in [-0.15, -0.1) is 0 Å². The minimum Gasteiger partial charge on any atom is -0.462 e. The fourth-order valence-electron chi connectivity index (χ4n) is 1.12. The molecule has 0 amide bonds. The van der Waals surface area contributed by atoms with Crippen LogP contribution in [0.3, 0.4) is 0 Å². The Balaban J connectivity index is 2.96. The van der Waals surface area contributed by atoms with Crippen molar-refractivity contribution in [2.24, 2.45) is 0 Å². The van der Waals surface area contributed by atoms with Crippen LogP contribution in [0.5, 0.6) is 5.75 Å². The van der Waals surface area contributed by atoms with E-state index in [1.54, 1.807) is 6.92 Å². The van der Waals surface area contributed by atoms with E-state index in [0.717, 1.165) is 12.1 Å². The Kier molecular flexibility index (Phi) is 5.27. The third-order valence-electron chi connectivity index (χ3n) is 1.94. The second-order valence-electron chi connectivity index (χ2n) is 3.24. The maximum absolute atomic E-state index is 13.3. The third-order valence-corrected chi connectivity index (χ3v) is 2.82. The topological polar surface area (TPSA) is 35.5 Å². The number of halogens is 3. The summed E-state index contributed by atoms with van der Waals surface area (Å²) in [5, 5.41) is 0. The third kappa shape index (κ3) is 3.53. The molecular weight excluding hydrogens is 310 g/mol. The molecule has 0 unspecified atom stereocenters. The van der Waals surface area contributed by atoms with E-state index in [2.05, 4.69) is 15.9 Å². The lowest BCUT2D eigenvalue weighted by atomic mass is 10.3. The fraction of sp³-hybridized carbons (Fsp3) is 0.250. The predicted octanol–water partition coefficient (Wildman–Crippen LogP) is 3.53. The highest BCUT2D eigenvalue weighted by atomic mass is 79.9. The van der Waals surface area contributed by atoms with E-state index in [9.17, 15) is 13.6 Å². The first-order valence-electron chi connectivity index (χ1n) is 5.12. The van der Waals surface area contributed by atoms with Crippen LogP contribution in [0, 0.1) is 11.6 Å². The van der Waals surface area contributed by atoms with Gasteiger partial charge in [0.05, 0.1) is 6.61 Å². The smallest absolute Gasteiger partial charge is 0.348 e. The normalized spacial score (nSPS) is 11.8. The van der Waals surface area contributed by atoms with E-state index < -0.39 is 23.4 Å². The molecule has 0 aliphatic heterocycles. The number of hydrogen-bond donors (Lipinski definition) is 0. The first kappa shape index (κ1) is 14.6. The molecule has 0 aliphatic rings. The average Bonchev–Trinajstić information content (AvgIpc) is 2.33. The second-order valence-corrected chi connectivity index (χ2v) is 4.04. The number of allylic oxidation sites excluding steroid dienone is 1. The summed E-state index contributed by atoms with van der Waals surface area (Å²) in [7, 11) is 0. The molecule has 0 atom stereocenters. The predicted molar refractivity (Wildman–Crippen MR) is 65.2 cm³/mol. The molecule has 0 fully saturated rings. The van der Waals surface area contributed by atoms with Gasteiger partial charge in [-0.25, -0.2) is 13.6 Å². The van der Waals surface area contributed by atoms with Gasteiger partial charge in [-0.3, -0.25) is 0 Å². The summed E-state index contributed by atoms with van der Waals surface area (Å²) >= 11 is 2.95. The summed E-state index contributed by atoms with van der Waals surface area (Å²) in [4.78, 5) is 11.4. The molecule has 0 radical (unpaired) electrons. The van der Waals surface area contributed by atoms with Gasteiger partial charge in [0.15, 0.2) is 17.4 Å². The van der Waals surface area contributed by atoms with Gasteiger partial charge < -0.3 is 9.47 Å². The number of carbonyl (C=O) groups is 1. The zero-order valence-corrected chi connectivity index (χ0v) is 11.4. The molecule has 1 rings (SSSR count). The monoisotopic (exact) mass is 320 g/mol. The van der Waals surface area contributed by atoms with Gasteiger partial charge >= 0.3 is 5.97 Å². The Bertz CT molecular complexity index is 466. The summed E-state index contributed by atoms with van der Waals surface area (Å²) < 4.78 is 36.3. The summed E-state index contributed by atoms with van der Waals surface area (Å²) in [5.74, 6) is -2.91. The summed E-state index contributed by atoms with van der Waals surface area (Å²) in [6.45, 7) is 3.23. The van der Waals surface area contributed by atoms with Crippen LogP contribution in [-0.2, 0) is 9.53 Å². The highest BCUT2D eigenvalue weighted by Crippen LogP contribution is 2.25. The largest absolute Gasteiger partial charge is 0.462 e. The van der Waals surface area contributed by atoms with Crippen molar-refractivity contribution >= 4 is 21.9 Å². The molecule has 0 saturated heterocycles. The average molecular weight is 321 g/mol. The summed E-state index contributed by atoms with van der Waals surface area (Å²) in [6, 6.07) is 3.34. The lowest BCUT2D eigenvalue weighted by Gasteiger charge is -2.09. The van der Waals surface area contributed by atoms with Crippen LogP contribution >= 0.6 is 15.9 Å². The van der Waals surface area contributed by atoms with Crippen LogP contribution in [0.4, 0.5) is 8.78 Å². The second kappa shape index (κ2) is 6.49. The van der Waals surface area contributed by atoms with Crippen molar-refractivity contribution in [2.75, 3.05) is 6.61 Å². The standard InChI is InChI=1S/C12H11BrF2O3/c1-3-17-12(16)10(13)7(2)18-11-8(14)5-4-6-9(11)15/h4-6H,3H2,1-2H3/b10-7+. The molecule has 0 aliphatic carbocycles. The number of rotatable bonds is 4. The van der Waals surface area contributed by atoms with Crippen LogP contribution in [0.1, 0.15) is 13.8 Å². The molecular formula is C12H11BrF2O3. The molecule has 3 nitrogen and oxygen atoms in total. The molecule has 0 saturated carbocycles. The van der Waals surface area contributed by atoms with Crippen molar-refractivity contribution in [2.45, 2.75) is 13.8 Å². The number of ether oxygens (including phenoxy) is 2. The Labute approximate surface area is 112 Å². The molecule has 0 bridgehead atoms. The van der Waals surface area contributed by atoms with Crippen molar-refractivity contribution in [1.29, 1.82) is 0 Å². The first-order valence-corrected chi connectivity index (χ1v) is 5.92. The SMILES string of the molecule is CCOC(=O)/C(Br)=C(/C)Oc1c(F)cccc1F. The molecule has 0 aromatic heterocycles. The zero-order chi connectivity index (χ0) is 13.7. The first-order chi connectivity index (χ1) is 8.47. The molecule has 98 valence electrons. The Morgan fingerprint density at radius 2 is 1.89 bits per heavy atom. The van der Waals surface area contributed by atoms with E-state index in [0.29, 0.717) is 0 Å². The highest BCUT2D eigenvalue weighted by Gasteiger charge is 2.16. The van der Waals surface area contributed by atoms with E-state index in [1.807, 2.05) is 0 Å². The molecule has 1 aromatic rings. The quantitative estimate of drug-likeness (QED) is 0.483. The Morgan fingerprint density at radius 3 is 2.39 bits per heavy atom. The van der Waals surface area contributed by atoms with Crippen molar-refractivity contribution in [3.05, 3.63) is 40.1 Å². The molecule has 18 heavy (non-hydrogen) atoms. The van der Waals surface area contributed by atoms with Crippen LogP contribution in [0.2, 0.25) is 0 Å². The maximum Gasteiger partial charge on any atom is 0.348 e. The summed E-state index contributed by atoms with van der Waals surface area (Å²) in [5.41, 5.74) is 0. The van der Waals surface area contributed by atoms with E-state index in [4.69, 9.17) is 9.47 Å². The van der Waals surface area contributed by atoms with Crippen LogP contribution in [0.25, 0.3) is 0 Å². The molecule has 0 heterocycles. The molecule has 6 heteroatoms. The van der Waals surface area contributed by atoms with Crippen molar-refractivity contribution in [3.8, 4) is 5.75 Å². The van der Waals surface area contributed by atoms with Gasteiger partial charge in [0.1, 0.15) is 10.2 Å². The Morgan fingerprint density at radius 1 is 1.33 bits per heavy atom. The highest BCUT2D eigenvalue weighted by molar-refractivity contribution is 9.12. The molecule has 0 spiro atoms. The number of carbonyl (C=O) groups excluding carboxylic acids is 1. The number of hydrogen-bond acceptors (Lipinski definition) is 3. The number of para-hydroxylation sites is 1. The van der Waals surface area contributed by atoms with E-state index in [1.165, 1.54) is 13.0 Å². The molecule has 1 aromatic carbocycles. The lowest BCUT2D eigenvalue weighted by molar-refractivity contribution is -0.137. The van der Waals surface area contributed by atoms with Crippen molar-refractivity contribution in [3.63, 3.8) is 0 Å². The summed E-state index contributed by atoms with van der Waals surface area (Å²) in [6.07, 6.45) is 0. The van der Waals surface area contributed by atoms with Crippen LogP contribution < -0.4 is 4.74 Å². The zero-order valence-electron chi connectivity index (χ0n) is 9.80. The van der Waals surface area contributed by atoms with Gasteiger partial charge in [0, 0.05) is 0 Å². The van der Waals surface area contributed by atoms with E-state index >= 15 is 0 Å². The van der Waals surface area contributed by atoms with Gasteiger partial charge in [0.25, 0.3) is 0 Å². The number of esters is 1. The minimum atomic E-state index is -0.849. The Hall–Kier alpha value is -1.43. The van der Waals surface area contributed by atoms with Crippen LogP contribution in [0.15, 0.2) is 28.4 Å². The van der Waals surface area contributed by atoms with Crippen molar-refractivity contribution in [1.82, 2.24) is 0 Å². The number of benzene rings is 1. The molecule has 0 N–H and O–H groups in total. The van der Waals surface area contributed by atoms with Gasteiger partial charge in [-0.05, 0) is 41.9 Å². The lowest BCUT2D eigenvalue weighted by Crippen LogP contribution is -2.08. The maximum atomic E-state index is 13.3. The van der Waals surface area contributed by atoms with E-state index in [-0.39, 0.29) is 16.8 Å². The fourth-order valence-corrected chi connectivity index (χ4v) is 1.31. The van der Waals surface area contributed by atoms with Crippen LogP contribution in [-0.4, -0.2) is 12.6 Å². The minimum absolute atomic E-state index is 0.0115. The van der Waals surface area contributed by atoms with Gasteiger partial charge in [0.2, 0.25) is 0 Å². The van der Waals surface area contributed by atoms with Gasteiger partial charge in [-0.2, -0.15) is 0 Å². The van der Waals surface area contributed by atoms with Gasteiger partial charge in [-0.1, -0.05) is 6.07 Å². The van der Waals surface area contributed by atoms with Crippen molar-refractivity contribution < 1.29 is 23.0 Å².